The molecule has 0 aromatic heterocycles. The van der Waals surface area contributed by atoms with Gasteiger partial charge in [0.2, 0.25) is 0 Å². The number of hydrogen-bond acceptors (Lipinski definition) is 8. The van der Waals surface area contributed by atoms with Crippen molar-refractivity contribution in [2.45, 2.75) is 9.79 Å². The molecule has 0 unspecified atom stereocenters. The van der Waals surface area contributed by atoms with Gasteiger partial charge in [0.1, 0.15) is 0 Å². The summed E-state index contributed by atoms with van der Waals surface area (Å²) >= 11 is -2.31. The topological polar surface area (TPSA) is 133 Å². The molecule has 8 nitrogen and oxygen atoms in total. The number of rotatable bonds is 6. The van der Waals surface area contributed by atoms with Gasteiger partial charge in [-0.05, 0) is 0 Å². The SMILES string of the molecule is O=S(=O)([O-])c1ccc([O][Hg][O]c2ccc(S(=O)(=O)[O-])cc2)cc1.[Na+].[Na+]. The molecule has 0 aliphatic carbocycles. The molecule has 0 heterocycles. The molecule has 0 spiro atoms. The first-order chi connectivity index (χ1) is 10.7. The summed E-state index contributed by atoms with van der Waals surface area (Å²) in [4.78, 5) is -0.700. The average molecular weight is 591 g/mol. The van der Waals surface area contributed by atoms with Gasteiger partial charge in [0.25, 0.3) is 0 Å². The van der Waals surface area contributed by atoms with Crippen molar-refractivity contribution >= 4 is 20.2 Å². The van der Waals surface area contributed by atoms with Crippen LogP contribution in [0.5, 0.6) is 11.5 Å². The van der Waals surface area contributed by atoms with Crippen LogP contribution in [0.1, 0.15) is 0 Å². The molecule has 25 heavy (non-hydrogen) atoms. The first kappa shape index (κ1) is 25.8. The van der Waals surface area contributed by atoms with Crippen LogP contribution < -0.4 is 64.4 Å². The molecule has 0 N–H and O–H groups in total. The van der Waals surface area contributed by atoms with Crippen molar-refractivity contribution in [1.29, 1.82) is 0 Å². The summed E-state index contributed by atoms with van der Waals surface area (Å²) in [5.74, 6) is 0.746. The van der Waals surface area contributed by atoms with Gasteiger partial charge in [0, 0.05) is 0 Å². The molecule has 0 fully saturated rings. The van der Waals surface area contributed by atoms with Crippen molar-refractivity contribution in [2.24, 2.45) is 0 Å². The summed E-state index contributed by atoms with van der Waals surface area (Å²) < 4.78 is 75.4. The maximum absolute atomic E-state index is 10.8. The van der Waals surface area contributed by atoms with E-state index < -0.39 is 45.7 Å². The van der Waals surface area contributed by atoms with E-state index in [0.717, 1.165) is 24.3 Å². The van der Waals surface area contributed by atoms with Crippen LogP contribution in [0.2, 0.25) is 0 Å². The molecule has 120 valence electrons. The van der Waals surface area contributed by atoms with Gasteiger partial charge in [0.05, 0.1) is 0 Å². The molecule has 2 aromatic carbocycles. The van der Waals surface area contributed by atoms with Crippen LogP contribution in [0.25, 0.3) is 0 Å². The van der Waals surface area contributed by atoms with Gasteiger partial charge in [0.15, 0.2) is 0 Å². The Hall–Kier alpha value is 0.795. The Balaban J connectivity index is 0.00000288. The van der Waals surface area contributed by atoms with Crippen LogP contribution in [0, 0.1) is 0 Å². The number of benzene rings is 2. The van der Waals surface area contributed by atoms with Crippen LogP contribution >= 0.6 is 0 Å². The normalized spacial score (nSPS) is 10.6. The van der Waals surface area contributed by atoms with Gasteiger partial charge in [-0.1, -0.05) is 0 Å². The maximum Gasteiger partial charge on any atom is 1.00 e. The van der Waals surface area contributed by atoms with E-state index in [0.29, 0.717) is 11.5 Å². The molecular formula is C12H8HgNa2O8S2. The van der Waals surface area contributed by atoms with E-state index >= 15 is 0 Å². The zero-order valence-corrected chi connectivity index (χ0v) is 24.5. The second-order valence-electron chi connectivity index (χ2n) is 4.26. The first-order valence-corrected chi connectivity index (χ1v) is 13.3. The molecule has 2 aromatic rings. The predicted octanol–water partition coefficient (Wildman–Crippen LogP) is -5.13. The summed E-state index contributed by atoms with van der Waals surface area (Å²) in [6, 6.07) is 9.95. The Morgan fingerprint density at radius 3 is 1.16 bits per heavy atom. The molecule has 0 aliphatic rings. The van der Waals surface area contributed by atoms with Gasteiger partial charge in [-0.25, -0.2) is 0 Å². The molecule has 0 saturated heterocycles. The van der Waals surface area contributed by atoms with E-state index in [1.165, 1.54) is 24.3 Å². The molecular weight excluding hydrogens is 583 g/mol. The Morgan fingerprint density at radius 1 is 0.640 bits per heavy atom. The molecule has 0 bridgehead atoms. The Bertz CT molecular complexity index is 808. The Labute approximate surface area is 203 Å². The van der Waals surface area contributed by atoms with Crippen LogP contribution in [0.4, 0.5) is 0 Å². The van der Waals surface area contributed by atoms with Crippen LogP contribution in [0.3, 0.4) is 0 Å². The number of hydrogen-bond donors (Lipinski definition) is 0. The summed E-state index contributed by atoms with van der Waals surface area (Å²) in [5, 5.41) is 0. The van der Waals surface area contributed by atoms with Gasteiger partial charge >= 0.3 is 206 Å². The van der Waals surface area contributed by atoms with Gasteiger partial charge in [-0.3, -0.25) is 0 Å². The fourth-order valence-electron chi connectivity index (χ4n) is 1.57. The zero-order chi connectivity index (χ0) is 17.1. The van der Waals surface area contributed by atoms with Crippen molar-refractivity contribution in [3.8, 4) is 11.5 Å². The van der Waals surface area contributed by atoms with Gasteiger partial charge in [-0.15, -0.1) is 0 Å². The molecule has 13 heteroatoms. The van der Waals surface area contributed by atoms with E-state index in [-0.39, 0.29) is 68.9 Å². The van der Waals surface area contributed by atoms with Gasteiger partial charge in [-0.2, -0.15) is 0 Å². The van der Waals surface area contributed by atoms with E-state index in [4.69, 9.17) is 5.29 Å². The average Bonchev–Trinajstić information content (AvgIpc) is 2.46. The standard InChI is InChI=1S/2C6H6O4S.Hg.2Na/c2*7-5-1-3-6(4-2-5)11(8,9)10;;;/h2*1-4,7H,(H,8,9,10);;;/q;;+2;2*+1/p-4. The van der Waals surface area contributed by atoms with E-state index in [9.17, 15) is 25.9 Å². The third kappa shape index (κ3) is 8.56. The molecule has 0 aliphatic heterocycles. The van der Waals surface area contributed by atoms with Crippen molar-refractivity contribution in [2.75, 3.05) is 0 Å². The second kappa shape index (κ2) is 11.0. The molecule has 0 atom stereocenters. The quantitative estimate of drug-likeness (QED) is 0.241. The molecule has 0 amide bonds. The predicted molar refractivity (Wildman–Crippen MR) is 70.1 cm³/mol. The monoisotopic (exact) mass is 592 g/mol. The third-order valence-corrected chi connectivity index (χ3v) is 7.88. The third-order valence-electron chi connectivity index (χ3n) is 2.68. The second-order valence-corrected chi connectivity index (χ2v) is 10.2. The maximum atomic E-state index is 10.8. The fourth-order valence-corrected chi connectivity index (χ4v) is 5.29. The summed E-state index contributed by atoms with van der Waals surface area (Å²) in [5.41, 5.74) is 0. The molecule has 0 saturated carbocycles. The van der Waals surface area contributed by atoms with Crippen LogP contribution in [0.15, 0.2) is 58.3 Å². The van der Waals surface area contributed by atoms with Crippen molar-refractivity contribution in [3.05, 3.63) is 48.5 Å². The van der Waals surface area contributed by atoms with Crippen LogP contribution in [-0.2, 0) is 45.7 Å². The minimum Gasteiger partial charge on any atom is 1.00 e. The van der Waals surface area contributed by atoms with E-state index in [1.807, 2.05) is 0 Å². The van der Waals surface area contributed by atoms with Gasteiger partial charge < -0.3 is 0 Å². The molecule has 2 rings (SSSR count). The van der Waals surface area contributed by atoms with Crippen molar-refractivity contribution in [1.82, 2.24) is 0 Å². The summed E-state index contributed by atoms with van der Waals surface area (Å²) in [6.45, 7) is 0. The fraction of sp³-hybridized carbons (Fsp3) is 0. The largest absolute Gasteiger partial charge is 1.00 e. The smallest absolute Gasteiger partial charge is 1.00 e. The Morgan fingerprint density at radius 2 is 0.920 bits per heavy atom. The Kier molecular flexibility index (Phi) is 11.3. The van der Waals surface area contributed by atoms with Crippen molar-refractivity contribution in [3.63, 3.8) is 0 Å². The van der Waals surface area contributed by atoms with Crippen LogP contribution in [-0.4, -0.2) is 25.9 Å². The minimum absolute atomic E-state index is 0. The molecule has 0 radical (unpaired) electrons. The zero-order valence-electron chi connectivity index (χ0n) is 13.4. The van der Waals surface area contributed by atoms with E-state index in [1.54, 1.807) is 0 Å². The summed E-state index contributed by atoms with van der Waals surface area (Å²) in [6.07, 6.45) is 0. The minimum atomic E-state index is -4.49. The van der Waals surface area contributed by atoms with E-state index in [2.05, 4.69) is 0 Å². The first-order valence-electron chi connectivity index (χ1n) is 6.04. The van der Waals surface area contributed by atoms with Crippen molar-refractivity contribution < 1.29 is 116 Å². The summed E-state index contributed by atoms with van der Waals surface area (Å²) in [7, 11) is -8.99.